The Morgan fingerprint density at radius 2 is 2.20 bits per heavy atom. The Hall–Kier alpha value is -1.21. The van der Waals surface area contributed by atoms with Crippen LogP contribution in [-0.4, -0.2) is 32.5 Å². The number of rotatable bonds is 5. The third kappa shape index (κ3) is 2.93. The average Bonchev–Trinajstić information content (AvgIpc) is 2.64. The van der Waals surface area contributed by atoms with Crippen LogP contribution in [0.4, 0.5) is 20.2 Å². The van der Waals surface area contributed by atoms with Crippen LogP contribution in [0.5, 0.6) is 0 Å². The van der Waals surface area contributed by atoms with Gasteiger partial charge in [-0.1, -0.05) is 6.92 Å². The van der Waals surface area contributed by atoms with Gasteiger partial charge in [-0.15, -0.1) is 0 Å². The van der Waals surface area contributed by atoms with Crippen LogP contribution < -0.4 is 15.5 Å². The van der Waals surface area contributed by atoms with Crippen LogP contribution in [0.15, 0.2) is 16.6 Å². The molecule has 2 rings (SSSR count). The number of nitrogens with zero attached hydrogens (tertiary/aromatic N) is 1. The first-order valence-electron chi connectivity index (χ1n) is 6.31. The van der Waals surface area contributed by atoms with Crippen LogP contribution in [0, 0.1) is 0 Å². The van der Waals surface area contributed by atoms with E-state index in [4.69, 9.17) is 0 Å². The van der Waals surface area contributed by atoms with Crippen LogP contribution in [0.3, 0.4) is 0 Å². The van der Waals surface area contributed by atoms with Crippen molar-refractivity contribution in [2.75, 3.05) is 30.4 Å². The van der Waals surface area contributed by atoms with Crippen LogP contribution in [0.1, 0.15) is 18.5 Å². The minimum Gasteiger partial charge on any atom is -0.368 e. The van der Waals surface area contributed by atoms with Gasteiger partial charge in [-0.25, -0.2) is 8.78 Å². The number of hydrogen-bond donors (Lipinski definition) is 2. The summed E-state index contributed by atoms with van der Waals surface area (Å²) < 4.78 is 25.6. The number of carbonyl (C=O) groups is 1. The highest BCUT2D eigenvalue weighted by atomic mass is 79.9. The summed E-state index contributed by atoms with van der Waals surface area (Å²) in [4.78, 5) is 13.3. The third-order valence-corrected chi connectivity index (χ3v) is 3.82. The minimum absolute atomic E-state index is 0.123. The van der Waals surface area contributed by atoms with Crippen molar-refractivity contribution < 1.29 is 13.6 Å². The van der Waals surface area contributed by atoms with E-state index in [1.165, 1.54) is 4.90 Å². The lowest BCUT2D eigenvalue weighted by atomic mass is 10.1. The highest BCUT2D eigenvalue weighted by Gasteiger charge is 2.31. The van der Waals surface area contributed by atoms with Gasteiger partial charge in [0, 0.05) is 22.8 Å². The Labute approximate surface area is 124 Å². The molecule has 1 aliphatic rings. The first-order chi connectivity index (χ1) is 9.43. The fourth-order valence-electron chi connectivity index (χ4n) is 2.28. The topological polar surface area (TPSA) is 44.4 Å². The van der Waals surface area contributed by atoms with Crippen molar-refractivity contribution >= 4 is 33.2 Å². The quantitative estimate of drug-likeness (QED) is 0.860. The number of carbonyl (C=O) groups excluding carboxylic acids is 1. The largest absolute Gasteiger partial charge is 0.368 e. The second-order valence-electron chi connectivity index (χ2n) is 4.64. The van der Waals surface area contributed by atoms with E-state index >= 15 is 0 Å². The lowest BCUT2D eigenvalue weighted by Crippen LogP contribution is -2.27. The molecule has 0 fully saturated rings. The molecule has 1 unspecified atom stereocenters. The van der Waals surface area contributed by atoms with E-state index in [2.05, 4.69) is 26.6 Å². The zero-order valence-corrected chi connectivity index (χ0v) is 12.8. The predicted octanol–water partition coefficient (Wildman–Crippen LogP) is 2.75. The Morgan fingerprint density at radius 3 is 2.80 bits per heavy atom. The van der Waals surface area contributed by atoms with Crippen LogP contribution in [0.2, 0.25) is 0 Å². The van der Waals surface area contributed by atoms with E-state index in [0.717, 1.165) is 5.56 Å². The van der Waals surface area contributed by atoms with Crippen LogP contribution in [-0.2, 0) is 4.79 Å². The zero-order valence-electron chi connectivity index (χ0n) is 11.2. The number of nitrogens with one attached hydrogen (secondary N) is 2. The summed E-state index contributed by atoms with van der Waals surface area (Å²) in [7, 11) is 1.59. The first-order valence-corrected chi connectivity index (χ1v) is 7.10. The molecule has 0 saturated heterocycles. The van der Waals surface area contributed by atoms with E-state index in [9.17, 15) is 13.6 Å². The molecule has 1 aromatic carbocycles. The molecule has 0 bridgehead atoms. The highest BCUT2D eigenvalue weighted by Crippen LogP contribution is 2.38. The molecule has 0 spiro atoms. The molecule has 1 heterocycles. The molecule has 0 aromatic heterocycles. The van der Waals surface area contributed by atoms with Crippen molar-refractivity contribution in [1.82, 2.24) is 5.32 Å². The van der Waals surface area contributed by atoms with E-state index in [1.807, 2.05) is 6.92 Å². The molecule has 1 aromatic rings. The predicted molar refractivity (Wildman–Crippen MR) is 78.5 cm³/mol. The average molecular weight is 348 g/mol. The van der Waals surface area contributed by atoms with Crippen molar-refractivity contribution in [3.63, 3.8) is 0 Å². The van der Waals surface area contributed by atoms with Gasteiger partial charge in [-0.3, -0.25) is 4.79 Å². The number of hydrogen-bond acceptors (Lipinski definition) is 3. The van der Waals surface area contributed by atoms with Crippen molar-refractivity contribution in [3.8, 4) is 0 Å². The molecule has 1 aliphatic heterocycles. The maximum atomic E-state index is 12.5. The Balaban J connectivity index is 2.33. The number of benzene rings is 1. The molecule has 110 valence electrons. The smallest absolute Gasteiger partial charge is 0.255 e. The van der Waals surface area contributed by atoms with Gasteiger partial charge in [-0.2, -0.15) is 0 Å². The molecular weight excluding hydrogens is 332 g/mol. The summed E-state index contributed by atoms with van der Waals surface area (Å²) in [6.45, 7) is 2.23. The number of anilines is 2. The van der Waals surface area contributed by atoms with Gasteiger partial charge in [0.25, 0.3) is 6.43 Å². The molecule has 2 N–H and O–H groups in total. The molecule has 4 nitrogen and oxygen atoms in total. The monoisotopic (exact) mass is 347 g/mol. The SMILES string of the molecule is CCNC1C(=O)Nc2cc(N(C)CC(F)F)c(Br)cc21. The molecule has 0 radical (unpaired) electrons. The minimum atomic E-state index is -2.41. The van der Waals surface area contributed by atoms with Crippen LogP contribution in [0.25, 0.3) is 0 Å². The molecule has 0 saturated carbocycles. The van der Waals surface area contributed by atoms with Gasteiger partial charge in [-0.05, 0) is 34.6 Å². The summed E-state index contributed by atoms with van der Waals surface area (Å²) in [5.41, 5.74) is 2.12. The highest BCUT2D eigenvalue weighted by molar-refractivity contribution is 9.10. The van der Waals surface area contributed by atoms with Gasteiger partial charge in [0.1, 0.15) is 6.04 Å². The molecule has 1 atom stereocenters. The maximum Gasteiger partial charge on any atom is 0.255 e. The summed E-state index contributed by atoms with van der Waals surface area (Å²) in [6.07, 6.45) is -2.41. The normalized spacial score (nSPS) is 17.3. The van der Waals surface area contributed by atoms with Gasteiger partial charge in [0.2, 0.25) is 5.91 Å². The van der Waals surface area contributed by atoms with E-state index in [0.29, 0.717) is 22.4 Å². The standard InChI is InChI=1S/C13H16BrF2N3O/c1-3-17-12-7-4-8(14)10(19(2)6-11(15)16)5-9(7)18-13(12)20/h4-5,11-12,17H,3,6H2,1-2H3,(H,18,20). The number of likely N-dealkylation sites (N-methyl/N-ethyl adjacent to an activating group) is 1. The van der Waals surface area contributed by atoms with Crippen molar-refractivity contribution in [2.45, 2.75) is 19.4 Å². The number of fused-ring (bicyclic) bond motifs is 1. The lowest BCUT2D eigenvalue weighted by molar-refractivity contribution is -0.117. The van der Waals surface area contributed by atoms with Gasteiger partial charge < -0.3 is 15.5 Å². The number of amides is 1. The fourth-order valence-corrected chi connectivity index (χ4v) is 2.94. The summed E-state index contributed by atoms with van der Waals surface area (Å²) >= 11 is 3.39. The Bertz CT molecular complexity index is 525. The summed E-state index contributed by atoms with van der Waals surface area (Å²) in [6, 6.07) is 3.13. The second-order valence-corrected chi connectivity index (χ2v) is 5.50. The summed E-state index contributed by atoms with van der Waals surface area (Å²) in [5, 5.41) is 5.86. The summed E-state index contributed by atoms with van der Waals surface area (Å²) in [5.74, 6) is -0.123. The van der Waals surface area contributed by atoms with Crippen molar-refractivity contribution in [3.05, 3.63) is 22.2 Å². The van der Waals surface area contributed by atoms with Gasteiger partial charge in [0.15, 0.2) is 0 Å². The number of halogens is 3. The van der Waals surface area contributed by atoms with Crippen molar-refractivity contribution in [1.29, 1.82) is 0 Å². The van der Waals surface area contributed by atoms with Crippen LogP contribution >= 0.6 is 15.9 Å². The Kier molecular flexibility index (Phi) is 4.59. The second kappa shape index (κ2) is 6.05. The van der Waals surface area contributed by atoms with E-state index < -0.39 is 6.43 Å². The fraction of sp³-hybridized carbons (Fsp3) is 0.462. The van der Waals surface area contributed by atoms with E-state index in [-0.39, 0.29) is 18.5 Å². The van der Waals surface area contributed by atoms with Crippen molar-refractivity contribution in [2.24, 2.45) is 0 Å². The molecule has 20 heavy (non-hydrogen) atoms. The lowest BCUT2D eigenvalue weighted by Gasteiger charge is -2.21. The molecular formula is C13H16BrF2N3O. The molecule has 1 amide bonds. The molecule has 0 aliphatic carbocycles. The third-order valence-electron chi connectivity index (χ3n) is 3.18. The first kappa shape index (κ1) is 15.2. The Morgan fingerprint density at radius 1 is 1.50 bits per heavy atom. The van der Waals surface area contributed by atoms with Gasteiger partial charge in [0.05, 0.1) is 12.2 Å². The van der Waals surface area contributed by atoms with E-state index in [1.54, 1.807) is 19.2 Å². The molecule has 7 heteroatoms. The number of alkyl halides is 2. The zero-order chi connectivity index (χ0) is 14.9. The maximum absolute atomic E-state index is 12.5. The van der Waals surface area contributed by atoms with Gasteiger partial charge >= 0.3 is 0 Å².